The molecule has 0 saturated carbocycles. The van der Waals surface area contributed by atoms with Gasteiger partial charge in [0.15, 0.2) is 0 Å². The van der Waals surface area contributed by atoms with Crippen LogP contribution in [0.25, 0.3) is 0 Å². The third-order valence-corrected chi connectivity index (χ3v) is 4.06. The van der Waals surface area contributed by atoms with Gasteiger partial charge >= 0.3 is 0 Å². The molecular formula is C11H15BrN2O2S. The molecule has 6 heteroatoms. The highest BCUT2D eigenvalue weighted by Crippen LogP contribution is 2.20. The largest absolute Gasteiger partial charge is 0.327 e. The number of carbonyl (C=O) groups excluding carboxylic acids is 1. The zero-order valence-corrected chi connectivity index (χ0v) is 11.9. The van der Waals surface area contributed by atoms with Crippen molar-refractivity contribution in [2.45, 2.75) is 13.0 Å². The lowest BCUT2D eigenvalue weighted by molar-refractivity contribution is -0.113. The van der Waals surface area contributed by atoms with E-state index in [4.69, 9.17) is 5.73 Å². The van der Waals surface area contributed by atoms with Gasteiger partial charge in [-0.15, -0.1) is 0 Å². The first-order valence-corrected chi connectivity index (χ1v) is 7.42. The Bertz CT molecular complexity index is 424. The monoisotopic (exact) mass is 318 g/mol. The number of halogens is 1. The van der Waals surface area contributed by atoms with Crippen molar-refractivity contribution in [1.29, 1.82) is 0 Å². The second-order valence-electron chi connectivity index (χ2n) is 3.76. The fraction of sp³-hybridized carbons (Fsp3) is 0.364. The number of carbonyl (C=O) groups is 1. The van der Waals surface area contributed by atoms with Crippen molar-refractivity contribution in [3.63, 3.8) is 0 Å². The molecule has 0 saturated heterocycles. The zero-order valence-electron chi connectivity index (χ0n) is 9.48. The molecule has 94 valence electrons. The van der Waals surface area contributed by atoms with E-state index in [-0.39, 0.29) is 17.7 Å². The molecule has 4 nitrogen and oxygen atoms in total. The van der Waals surface area contributed by atoms with Gasteiger partial charge in [-0.2, -0.15) is 0 Å². The first-order valence-electron chi connectivity index (χ1n) is 5.14. The van der Waals surface area contributed by atoms with E-state index in [9.17, 15) is 9.00 Å². The molecule has 2 unspecified atom stereocenters. The first kappa shape index (κ1) is 14.3. The summed E-state index contributed by atoms with van der Waals surface area (Å²) in [6.07, 6.45) is 0. The lowest BCUT2D eigenvalue weighted by atomic mass is 10.3. The number of nitrogens with two attached hydrogens (primary N) is 1. The van der Waals surface area contributed by atoms with Crippen LogP contribution in [0, 0.1) is 0 Å². The van der Waals surface area contributed by atoms with Crippen LogP contribution in [0.1, 0.15) is 6.92 Å². The van der Waals surface area contributed by atoms with Crippen molar-refractivity contribution in [3.05, 3.63) is 28.7 Å². The summed E-state index contributed by atoms with van der Waals surface area (Å²) >= 11 is 3.32. The molecule has 0 aromatic heterocycles. The summed E-state index contributed by atoms with van der Waals surface area (Å²) in [6, 6.07) is 7.12. The minimum Gasteiger partial charge on any atom is -0.327 e. The van der Waals surface area contributed by atoms with Gasteiger partial charge < -0.3 is 11.1 Å². The Hall–Kier alpha value is -0.720. The Morgan fingerprint density at radius 2 is 2.18 bits per heavy atom. The number of benzene rings is 1. The molecule has 17 heavy (non-hydrogen) atoms. The van der Waals surface area contributed by atoms with E-state index in [1.807, 2.05) is 18.2 Å². The average Bonchev–Trinajstić information content (AvgIpc) is 2.19. The quantitative estimate of drug-likeness (QED) is 0.863. The van der Waals surface area contributed by atoms with Gasteiger partial charge in [-0.05, 0) is 35.0 Å². The van der Waals surface area contributed by atoms with E-state index in [2.05, 4.69) is 21.2 Å². The van der Waals surface area contributed by atoms with Gasteiger partial charge in [0.25, 0.3) is 0 Å². The Morgan fingerprint density at radius 3 is 2.76 bits per heavy atom. The molecule has 2 atom stereocenters. The molecule has 0 aliphatic heterocycles. The molecule has 1 aromatic rings. The molecular weight excluding hydrogens is 304 g/mol. The SMILES string of the molecule is CC(N)CS(=O)CC(=O)Nc1ccccc1Br. The van der Waals surface area contributed by atoms with E-state index >= 15 is 0 Å². The second-order valence-corrected chi connectivity index (χ2v) is 6.11. The van der Waals surface area contributed by atoms with Crippen LogP contribution in [-0.4, -0.2) is 27.7 Å². The maximum absolute atomic E-state index is 11.6. The van der Waals surface area contributed by atoms with Crippen molar-refractivity contribution in [1.82, 2.24) is 0 Å². The molecule has 1 aromatic carbocycles. The number of hydrogen-bond acceptors (Lipinski definition) is 3. The van der Waals surface area contributed by atoms with Gasteiger partial charge in [-0.25, -0.2) is 0 Å². The van der Waals surface area contributed by atoms with Crippen molar-refractivity contribution in [3.8, 4) is 0 Å². The predicted octanol–water partition coefficient (Wildman–Crippen LogP) is 1.48. The van der Waals surface area contributed by atoms with E-state index < -0.39 is 10.8 Å². The summed E-state index contributed by atoms with van der Waals surface area (Å²) in [5.41, 5.74) is 6.19. The lowest BCUT2D eigenvalue weighted by Gasteiger charge is -2.08. The zero-order chi connectivity index (χ0) is 12.8. The minimum absolute atomic E-state index is 0.0249. The van der Waals surface area contributed by atoms with Gasteiger partial charge in [0, 0.05) is 27.1 Å². The van der Waals surface area contributed by atoms with Gasteiger partial charge in [-0.1, -0.05) is 12.1 Å². The van der Waals surface area contributed by atoms with Crippen LogP contribution < -0.4 is 11.1 Å². The highest BCUT2D eigenvalue weighted by atomic mass is 79.9. The maximum Gasteiger partial charge on any atom is 0.237 e. The second kappa shape index (κ2) is 6.88. The number of nitrogens with one attached hydrogen (secondary N) is 1. The smallest absolute Gasteiger partial charge is 0.237 e. The summed E-state index contributed by atoms with van der Waals surface area (Å²) in [7, 11) is -1.21. The topological polar surface area (TPSA) is 72.2 Å². The van der Waals surface area contributed by atoms with E-state index in [1.54, 1.807) is 13.0 Å². The summed E-state index contributed by atoms with van der Waals surface area (Å²) in [5, 5.41) is 2.69. The Morgan fingerprint density at radius 1 is 1.53 bits per heavy atom. The summed E-state index contributed by atoms with van der Waals surface area (Å²) in [6.45, 7) is 1.77. The summed E-state index contributed by atoms with van der Waals surface area (Å²) in [5.74, 6) is 0.0441. The minimum atomic E-state index is -1.21. The number of amides is 1. The number of para-hydroxylation sites is 1. The van der Waals surface area contributed by atoms with Crippen LogP contribution in [0.3, 0.4) is 0 Å². The Kier molecular flexibility index (Phi) is 5.80. The lowest BCUT2D eigenvalue weighted by Crippen LogP contribution is -2.28. The molecule has 1 rings (SSSR count). The van der Waals surface area contributed by atoms with Gasteiger partial charge in [0.05, 0.1) is 5.69 Å². The van der Waals surface area contributed by atoms with Crippen LogP contribution in [0.15, 0.2) is 28.7 Å². The summed E-state index contributed by atoms with van der Waals surface area (Å²) in [4.78, 5) is 11.6. The Labute approximate surface area is 112 Å². The van der Waals surface area contributed by atoms with Gasteiger partial charge in [-0.3, -0.25) is 9.00 Å². The van der Waals surface area contributed by atoms with Crippen LogP contribution in [0.2, 0.25) is 0 Å². The third-order valence-electron chi connectivity index (χ3n) is 1.89. The van der Waals surface area contributed by atoms with Crippen LogP contribution >= 0.6 is 15.9 Å². The molecule has 0 heterocycles. The van der Waals surface area contributed by atoms with Crippen molar-refractivity contribution in [2.75, 3.05) is 16.8 Å². The van der Waals surface area contributed by atoms with Crippen molar-refractivity contribution in [2.24, 2.45) is 5.73 Å². The maximum atomic E-state index is 11.6. The molecule has 1 amide bonds. The Balaban J connectivity index is 2.51. The number of anilines is 1. The molecule has 0 bridgehead atoms. The van der Waals surface area contributed by atoms with Crippen molar-refractivity contribution >= 4 is 38.3 Å². The predicted molar refractivity (Wildman–Crippen MR) is 74.3 cm³/mol. The molecule has 0 aliphatic carbocycles. The summed E-state index contributed by atoms with van der Waals surface area (Å²) < 4.78 is 12.3. The fourth-order valence-electron chi connectivity index (χ4n) is 1.25. The van der Waals surface area contributed by atoms with E-state index in [1.165, 1.54) is 0 Å². The molecule has 0 spiro atoms. The van der Waals surface area contributed by atoms with E-state index in [0.29, 0.717) is 11.4 Å². The molecule has 0 aliphatic rings. The number of hydrogen-bond donors (Lipinski definition) is 2. The van der Waals surface area contributed by atoms with Crippen LogP contribution in [-0.2, 0) is 15.6 Å². The van der Waals surface area contributed by atoms with E-state index in [0.717, 1.165) is 4.47 Å². The third kappa shape index (κ3) is 5.43. The number of rotatable bonds is 5. The van der Waals surface area contributed by atoms with Gasteiger partial charge in [0.1, 0.15) is 5.75 Å². The molecule has 3 N–H and O–H groups in total. The van der Waals surface area contributed by atoms with Crippen LogP contribution in [0.4, 0.5) is 5.69 Å². The fourth-order valence-corrected chi connectivity index (χ4v) is 2.70. The highest BCUT2D eigenvalue weighted by Gasteiger charge is 2.10. The average molecular weight is 319 g/mol. The molecule has 0 radical (unpaired) electrons. The highest BCUT2D eigenvalue weighted by molar-refractivity contribution is 9.10. The van der Waals surface area contributed by atoms with Crippen molar-refractivity contribution < 1.29 is 9.00 Å². The molecule has 0 fully saturated rings. The first-order chi connectivity index (χ1) is 7.99. The van der Waals surface area contributed by atoms with Crippen LogP contribution in [0.5, 0.6) is 0 Å². The van der Waals surface area contributed by atoms with Gasteiger partial charge in [0.2, 0.25) is 5.91 Å². The normalized spacial score (nSPS) is 14.1. The standard InChI is InChI=1S/C11H15BrN2O2S/c1-8(13)6-17(16)7-11(15)14-10-5-3-2-4-9(10)12/h2-5,8H,6-7,13H2,1H3,(H,14,15).